The Hall–Kier alpha value is -3.00. The Morgan fingerprint density at radius 3 is 2.96 bits per heavy atom. The molecule has 1 aromatic carbocycles. The first kappa shape index (κ1) is 14.6. The average Bonchev–Trinajstić information content (AvgIpc) is 2.87. The number of fused-ring (bicyclic) bond motifs is 2. The van der Waals surface area contributed by atoms with E-state index in [0.29, 0.717) is 11.4 Å². The highest BCUT2D eigenvalue weighted by atomic mass is 15.3. The van der Waals surface area contributed by atoms with Gasteiger partial charge >= 0.3 is 0 Å². The molecule has 24 heavy (non-hydrogen) atoms. The van der Waals surface area contributed by atoms with Crippen molar-refractivity contribution in [2.75, 3.05) is 0 Å². The van der Waals surface area contributed by atoms with E-state index in [4.69, 9.17) is 0 Å². The van der Waals surface area contributed by atoms with Crippen LogP contribution in [0.15, 0.2) is 36.5 Å². The van der Waals surface area contributed by atoms with Crippen LogP contribution in [0.2, 0.25) is 0 Å². The normalized spacial score (nSPS) is 14.9. The summed E-state index contributed by atoms with van der Waals surface area (Å²) < 4.78 is 2.10. The topological polar surface area (TPSA) is 67.4 Å². The minimum Gasteiger partial charge on any atom is -0.310 e. The van der Waals surface area contributed by atoms with Gasteiger partial charge in [-0.1, -0.05) is 24.6 Å². The number of nitrogens with zero attached hydrogens (tertiary/aromatic N) is 5. The summed E-state index contributed by atoms with van der Waals surface area (Å²) in [6.45, 7) is 0.883. The Labute approximate surface area is 140 Å². The first-order valence-corrected chi connectivity index (χ1v) is 8.25. The van der Waals surface area contributed by atoms with Crippen LogP contribution < -0.4 is 0 Å². The molecule has 0 radical (unpaired) electrons. The Balaban J connectivity index is 1.83. The van der Waals surface area contributed by atoms with Gasteiger partial charge in [-0.05, 0) is 36.6 Å². The molecule has 0 saturated carbocycles. The highest BCUT2D eigenvalue weighted by Crippen LogP contribution is 2.24. The van der Waals surface area contributed by atoms with Gasteiger partial charge in [0.05, 0.1) is 11.1 Å². The van der Waals surface area contributed by atoms with Gasteiger partial charge in [0.15, 0.2) is 5.82 Å². The van der Waals surface area contributed by atoms with Gasteiger partial charge in [-0.15, -0.1) is 10.2 Å². The van der Waals surface area contributed by atoms with Crippen LogP contribution in [0.1, 0.15) is 36.5 Å². The van der Waals surface area contributed by atoms with E-state index in [1.807, 2.05) is 36.4 Å². The summed E-state index contributed by atoms with van der Waals surface area (Å²) in [7, 11) is 0. The van der Waals surface area contributed by atoms with Crippen molar-refractivity contribution in [3.05, 3.63) is 53.7 Å². The number of rotatable bonds is 2. The molecular weight excluding hydrogens is 298 g/mol. The smallest absolute Gasteiger partial charge is 0.174 e. The fourth-order valence-electron chi connectivity index (χ4n) is 3.23. The number of aromatic nitrogens is 4. The monoisotopic (exact) mass is 315 g/mol. The molecule has 0 unspecified atom stereocenters. The van der Waals surface area contributed by atoms with Crippen LogP contribution in [0.25, 0.3) is 22.6 Å². The summed E-state index contributed by atoms with van der Waals surface area (Å²) in [6.07, 6.45) is 8.04. The molecule has 1 aliphatic heterocycles. The second kappa shape index (κ2) is 6.25. The van der Waals surface area contributed by atoms with Gasteiger partial charge in [-0.25, -0.2) is 0 Å². The quantitative estimate of drug-likeness (QED) is 0.677. The second-order valence-electron chi connectivity index (χ2n) is 5.99. The lowest BCUT2D eigenvalue weighted by Crippen LogP contribution is -2.05. The van der Waals surface area contributed by atoms with Crippen molar-refractivity contribution in [3.8, 4) is 6.07 Å². The third-order valence-corrected chi connectivity index (χ3v) is 4.45. The van der Waals surface area contributed by atoms with Crippen LogP contribution in [0, 0.1) is 11.3 Å². The van der Waals surface area contributed by atoms with Crippen molar-refractivity contribution < 1.29 is 0 Å². The zero-order valence-electron chi connectivity index (χ0n) is 13.3. The van der Waals surface area contributed by atoms with Gasteiger partial charge in [0.2, 0.25) is 0 Å². The number of para-hydroxylation sites is 1. The summed E-state index contributed by atoms with van der Waals surface area (Å²) >= 11 is 0. The Bertz CT molecular complexity index is 956. The summed E-state index contributed by atoms with van der Waals surface area (Å²) in [6, 6.07) is 12.2. The lowest BCUT2D eigenvalue weighted by molar-refractivity contribution is 0.627. The van der Waals surface area contributed by atoms with E-state index in [0.717, 1.165) is 48.1 Å². The SMILES string of the molecule is N#C/C(=C\c1ccnc2ccccc12)c1nnc2n1CCCCC2. The van der Waals surface area contributed by atoms with Crippen molar-refractivity contribution in [3.63, 3.8) is 0 Å². The number of aryl methyl sites for hydroxylation is 1. The molecule has 5 nitrogen and oxygen atoms in total. The summed E-state index contributed by atoms with van der Waals surface area (Å²) in [5, 5.41) is 19.3. The molecule has 3 heterocycles. The van der Waals surface area contributed by atoms with Gasteiger partial charge in [0.25, 0.3) is 0 Å². The molecule has 2 aromatic heterocycles. The fraction of sp³-hybridized carbons (Fsp3) is 0.263. The van der Waals surface area contributed by atoms with Gasteiger partial charge in [0.1, 0.15) is 11.9 Å². The zero-order valence-corrected chi connectivity index (χ0v) is 13.3. The zero-order chi connectivity index (χ0) is 16.4. The molecule has 0 spiro atoms. The molecule has 0 amide bonds. The minimum absolute atomic E-state index is 0.548. The van der Waals surface area contributed by atoms with Crippen molar-refractivity contribution in [2.45, 2.75) is 32.2 Å². The number of hydrogen-bond donors (Lipinski definition) is 0. The minimum atomic E-state index is 0.548. The van der Waals surface area contributed by atoms with E-state index in [1.54, 1.807) is 6.20 Å². The molecule has 3 aromatic rings. The van der Waals surface area contributed by atoms with Crippen molar-refractivity contribution >= 4 is 22.6 Å². The number of benzene rings is 1. The van der Waals surface area contributed by atoms with Crippen LogP contribution >= 0.6 is 0 Å². The van der Waals surface area contributed by atoms with E-state index in [2.05, 4.69) is 25.8 Å². The van der Waals surface area contributed by atoms with E-state index in [-0.39, 0.29) is 0 Å². The lowest BCUT2D eigenvalue weighted by atomic mass is 10.1. The fourth-order valence-corrected chi connectivity index (χ4v) is 3.23. The highest BCUT2D eigenvalue weighted by molar-refractivity contribution is 5.95. The number of pyridine rings is 1. The average molecular weight is 315 g/mol. The van der Waals surface area contributed by atoms with Gasteiger partial charge < -0.3 is 4.57 Å². The third-order valence-electron chi connectivity index (χ3n) is 4.45. The van der Waals surface area contributed by atoms with Crippen LogP contribution in [0.3, 0.4) is 0 Å². The van der Waals surface area contributed by atoms with Crippen molar-refractivity contribution in [2.24, 2.45) is 0 Å². The predicted octanol–water partition coefficient (Wildman–Crippen LogP) is 3.62. The molecule has 4 rings (SSSR count). The first-order valence-electron chi connectivity index (χ1n) is 8.25. The predicted molar refractivity (Wildman–Crippen MR) is 92.8 cm³/mol. The molecule has 1 aliphatic rings. The molecule has 0 fully saturated rings. The van der Waals surface area contributed by atoms with Gasteiger partial charge in [-0.2, -0.15) is 5.26 Å². The van der Waals surface area contributed by atoms with Crippen molar-refractivity contribution in [1.29, 1.82) is 5.26 Å². The third kappa shape index (κ3) is 2.56. The molecule has 0 N–H and O–H groups in total. The Morgan fingerprint density at radius 1 is 1.12 bits per heavy atom. The number of allylic oxidation sites excluding steroid dienone is 1. The van der Waals surface area contributed by atoms with Crippen LogP contribution in [0.5, 0.6) is 0 Å². The molecule has 0 saturated heterocycles. The van der Waals surface area contributed by atoms with Crippen LogP contribution in [-0.4, -0.2) is 19.7 Å². The standard InChI is InChI=1S/C19H17N5/c20-13-15(19-23-22-18-8-2-1-5-11-24(18)19)12-14-9-10-21-17-7-4-3-6-16(14)17/h3-4,6-7,9-10,12H,1-2,5,8,11H2/b15-12+. The van der Waals surface area contributed by atoms with Gasteiger partial charge in [-0.3, -0.25) is 4.98 Å². The summed E-state index contributed by atoms with van der Waals surface area (Å²) in [4.78, 5) is 4.38. The largest absolute Gasteiger partial charge is 0.310 e. The molecular formula is C19H17N5. The molecule has 0 aliphatic carbocycles. The molecule has 0 atom stereocenters. The number of hydrogen-bond acceptors (Lipinski definition) is 4. The van der Waals surface area contributed by atoms with E-state index >= 15 is 0 Å². The van der Waals surface area contributed by atoms with Crippen molar-refractivity contribution in [1.82, 2.24) is 19.7 Å². The highest BCUT2D eigenvalue weighted by Gasteiger charge is 2.17. The van der Waals surface area contributed by atoms with Crippen LogP contribution in [-0.2, 0) is 13.0 Å². The molecule has 0 bridgehead atoms. The number of nitriles is 1. The maximum atomic E-state index is 9.69. The lowest BCUT2D eigenvalue weighted by Gasteiger charge is -2.06. The maximum Gasteiger partial charge on any atom is 0.174 e. The summed E-state index contributed by atoms with van der Waals surface area (Å²) in [5.41, 5.74) is 2.44. The van der Waals surface area contributed by atoms with E-state index < -0.39 is 0 Å². The van der Waals surface area contributed by atoms with Crippen LogP contribution in [0.4, 0.5) is 0 Å². The Morgan fingerprint density at radius 2 is 2.04 bits per heavy atom. The second-order valence-corrected chi connectivity index (χ2v) is 5.99. The molecule has 5 heteroatoms. The van der Waals surface area contributed by atoms with E-state index in [1.165, 1.54) is 6.42 Å². The summed E-state index contributed by atoms with van der Waals surface area (Å²) in [5.74, 6) is 1.67. The maximum absolute atomic E-state index is 9.69. The molecule has 118 valence electrons. The van der Waals surface area contributed by atoms with Gasteiger partial charge in [0, 0.05) is 24.5 Å². The Kier molecular flexibility index (Phi) is 3.80. The first-order chi connectivity index (χ1) is 11.9. The van der Waals surface area contributed by atoms with E-state index in [9.17, 15) is 5.26 Å².